The van der Waals surface area contributed by atoms with E-state index in [1.807, 2.05) is 6.92 Å². The average molecular weight is 285 g/mol. The highest BCUT2D eigenvalue weighted by atomic mass is 16.2. The van der Waals surface area contributed by atoms with E-state index < -0.39 is 0 Å². The summed E-state index contributed by atoms with van der Waals surface area (Å²) in [6.45, 7) is 4.18. The van der Waals surface area contributed by atoms with Crippen molar-refractivity contribution < 1.29 is 9.90 Å². The molecule has 0 radical (unpaired) electrons. The first-order valence-electron chi connectivity index (χ1n) is 7.98. The minimum absolute atomic E-state index is 0.0679. The van der Waals surface area contributed by atoms with Crippen LogP contribution in [0, 0.1) is 34.0 Å². The molecule has 4 atom stereocenters. The smallest absolute Gasteiger partial charge is 0.165 e. The van der Waals surface area contributed by atoms with E-state index in [1.165, 1.54) is 5.57 Å². The number of aliphatic hydroxyl groups is 1. The third kappa shape index (κ3) is 1.81. The second-order valence-corrected chi connectivity index (χ2v) is 7.25. The van der Waals surface area contributed by atoms with Crippen molar-refractivity contribution in [3.05, 3.63) is 23.5 Å². The number of carbonyl (C=O) groups excluding carboxylic acids is 1. The number of fused-ring (bicyclic) bond motifs is 3. The van der Waals surface area contributed by atoms with Gasteiger partial charge >= 0.3 is 0 Å². The fraction of sp³-hybridized carbons (Fsp3) is 0.667. The summed E-state index contributed by atoms with van der Waals surface area (Å²) in [6, 6.07) is 2.60. The van der Waals surface area contributed by atoms with Gasteiger partial charge in [0.2, 0.25) is 0 Å². The maximum Gasteiger partial charge on any atom is 0.165 e. The Morgan fingerprint density at radius 1 is 1.48 bits per heavy atom. The highest BCUT2D eigenvalue weighted by Crippen LogP contribution is 2.63. The predicted molar refractivity (Wildman–Crippen MR) is 80.3 cm³/mol. The second kappa shape index (κ2) is 4.73. The molecular formula is C18H23NO2. The number of hydrogen-bond acceptors (Lipinski definition) is 3. The van der Waals surface area contributed by atoms with Crippen LogP contribution in [0.1, 0.15) is 52.4 Å². The number of aliphatic hydroxyl groups excluding tert-OH is 1. The van der Waals surface area contributed by atoms with Crippen LogP contribution < -0.4 is 0 Å². The third-order valence-corrected chi connectivity index (χ3v) is 6.25. The quantitative estimate of drug-likeness (QED) is 0.414. The molecule has 2 saturated carbocycles. The zero-order chi connectivity index (χ0) is 15.3. The molecule has 0 aliphatic heterocycles. The molecule has 0 aromatic heterocycles. The Morgan fingerprint density at radius 3 is 2.90 bits per heavy atom. The molecule has 1 N–H and O–H groups in total. The summed E-state index contributed by atoms with van der Waals surface area (Å²) >= 11 is 0. The number of allylic oxidation sites excluding steroid dienone is 3. The summed E-state index contributed by atoms with van der Waals surface area (Å²) in [4.78, 5) is 12.4. The lowest BCUT2D eigenvalue weighted by atomic mass is 9.46. The van der Waals surface area contributed by atoms with Gasteiger partial charge < -0.3 is 5.11 Å². The largest absolute Gasteiger partial charge is 0.515 e. The minimum atomic E-state index is -0.329. The van der Waals surface area contributed by atoms with Gasteiger partial charge in [-0.1, -0.05) is 19.9 Å². The van der Waals surface area contributed by atoms with Crippen LogP contribution in [0.5, 0.6) is 0 Å². The van der Waals surface area contributed by atoms with Crippen LogP contribution in [0.2, 0.25) is 0 Å². The van der Waals surface area contributed by atoms with Gasteiger partial charge in [-0.15, -0.1) is 0 Å². The lowest BCUT2D eigenvalue weighted by molar-refractivity contribution is -0.126. The summed E-state index contributed by atoms with van der Waals surface area (Å²) in [5.41, 5.74) is 1.29. The fourth-order valence-electron chi connectivity index (χ4n) is 5.21. The Kier molecular flexibility index (Phi) is 3.24. The number of Topliss-reactive ketones (excluding diaryl/α,β-unsaturated/α-hetero) is 1. The molecular weight excluding hydrogens is 262 g/mol. The van der Waals surface area contributed by atoms with E-state index in [2.05, 4.69) is 19.1 Å². The number of ketones is 1. The average Bonchev–Trinajstić information content (AvgIpc) is 2.51. The van der Waals surface area contributed by atoms with E-state index in [-0.39, 0.29) is 22.5 Å². The van der Waals surface area contributed by atoms with Crippen molar-refractivity contribution >= 4 is 5.78 Å². The number of nitrogens with zero attached hydrogens (tertiary/aromatic N) is 1. The molecule has 0 heterocycles. The van der Waals surface area contributed by atoms with Gasteiger partial charge in [0.25, 0.3) is 0 Å². The van der Waals surface area contributed by atoms with Crippen molar-refractivity contribution in [2.24, 2.45) is 22.7 Å². The highest BCUT2D eigenvalue weighted by Gasteiger charge is 2.57. The maximum absolute atomic E-state index is 12.4. The molecule has 3 heteroatoms. The predicted octanol–water partition coefficient (Wildman–Crippen LogP) is 4.07. The fourth-order valence-corrected chi connectivity index (χ4v) is 5.21. The Labute approximate surface area is 126 Å². The SMILES string of the molecule is C[C@H]1C(=O)/C(=C\O)C[C@]2(C)C3=CCCC[C@]3(C#N)CCC12. The van der Waals surface area contributed by atoms with E-state index in [1.54, 1.807) is 0 Å². The van der Waals surface area contributed by atoms with Crippen molar-refractivity contribution in [1.29, 1.82) is 5.26 Å². The Bertz CT molecular complexity index is 583. The minimum Gasteiger partial charge on any atom is -0.515 e. The molecule has 3 aliphatic carbocycles. The first-order chi connectivity index (χ1) is 9.98. The number of carbonyl (C=O) groups is 1. The van der Waals surface area contributed by atoms with Gasteiger partial charge in [-0.05, 0) is 55.4 Å². The van der Waals surface area contributed by atoms with Crippen LogP contribution in [0.25, 0.3) is 0 Å². The molecule has 0 aromatic rings. The van der Waals surface area contributed by atoms with Crippen LogP contribution in [-0.4, -0.2) is 10.9 Å². The lowest BCUT2D eigenvalue weighted by Crippen LogP contribution is -2.51. The van der Waals surface area contributed by atoms with Gasteiger partial charge in [-0.25, -0.2) is 0 Å². The number of hydrogen-bond donors (Lipinski definition) is 1. The summed E-state index contributed by atoms with van der Waals surface area (Å²) in [6.07, 6.45) is 8.70. The Hall–Kier alpha value is -1.56. The van der Waals surface area contributed by atoms with Crippen molar-refractivity contribution in [2.75, 3.05) is 0 Å². The van der Waals surface area contributed by atoms with Crippen molar-refractivity contribution in [1.82, 2.24) is 0 Å². The van der Waals surface area contributed by atoms with Crippen molar-refractivity contribution in [2.45, 2.75) is 52.4 Å². The first kappa shape index (κ1) is 14.4. The van der Waals surface area contributed by atoms with E-state index in [0.29, 0.717) is 17.9 Å². The molecule has 0 bridgehead atoms. The zero-order valence-electron chi connectivity index (χ0n) is 12.9. The van der Waals surface area contributed by atoms with Gasteiger partial charge in [0, 0.05) is 11.5 Å². The van der Waals surface area contributed by atoms with Gasteiger partial charge in [-0.3, -0.25) is 4.79 Å². The summed E-state index contributed by atoms with van der Waals surface area (Å²) < 4.78 is 0. The van der Waals surface area contributed by atoms with Crippen molar-refractivity contribution in [3.63, 3.8) is 0 Å². The number of nitriles is 1. The van der Waals surface area contributed by atoms with Gasteiger partial charge in [0.05, 0.1) is 17.7 Å². The molecule has 1 unspecified atom stereocenters. The molecule has 0 saturated heterocycles. The molecule has 3 rings (SSSR count). The molecule has 0 aromatic carbocycles. The molecule has 3 aliphatic rings. The van der Waals surface area contributed by atoms with E-state index in [9.17, 15) is 15.2 Å². The molecule has 0 spiro atoms. The highest BCUT2D eigenvalue weighted by molar-refractivity contribution is 5.98. The monoisotopic (exact) mass is 285 g/mol. The first-order valence-corrected chi connectivity index (χ1v) is 7.98. The third-order valence-electron chi connectivity index (χ3n) is 6.25. The summed E-state index contributed by atoms with van der Waals surface area (Å²) in [7, 11) is 0. The van der Waals surface area contributed by atoms with E-state index in [4.69, 9.17) is 0 Å². The molecule has 21 heavy (non-hydrogen) atoms. The Morgan fingerprint density at radius 2 is 2.24 bits per heavy atom. The van der Waals surface area contributed by atoms with E-state index >= 15 is 0 Å². The van der Waals surface area contributed by atoms with Crippen LogP contribution in [0.4, 0.5) is 0 Å². The summed E-state index contributed by atoms with van der Waals surface area (Å²) in [5, 5.41) is 19.2. The van der Waals surface area contributed by atoms with E-state index in [0.717, 1.165) is 38.4 Å². The lowest BCUT2D eigenvalue weighted by Gasteiger charge is -2.56. The van der Waals surface area contributed by atoms with Crippen molar-refractivity contribution in [3.8, 4) is 6.07 Å². The van der Waals surface area contributed by atoms with Crippen LogP contribution in [-0.2, 0) is 4.79 Å². The molecule has 2 fully saturated rings. The van der Waals surface area contributed by atoms with Crippen LogP contribution in [0.3, 0.4) is 0 Å². The van der Waals surface area contributed by atoms with Gasteiger partial charge in [0.15, 0.2) is 5.78 Å². The normalized spacial score (nSPS) is 44.5. The Balaban J connectivity index is 2.11. The second-order valence-electron chi connectivity index (χ2n) is 7.25. The zero-order valence-corrected chi connectivity index (χ0v) is 12.9. The topological polar surface area (TPSA) is 61.1 Å². The standard InChI is InChI=1S/C18H23NO2/c1-12-14-6-8-18(11-19)7-4-3-5-15(18)17(14,2)9-13(10-20)16(12)21/h5,10,12,14,20H,3-4,6-9H2,1-2H3/b13-10-/t12-,14?,17+,18-/m1/s1. The summed E-state index contributed by atoms with van der Waals surface area (Å²) in [5.74, 6) is 0.307. The van der Waals surface area contributed by atoms with Crippen LogP contribution in [0.15, 0.2) is 23.5 Å². The maximum atomic E-state index is 12.4. The van der Waals surface area contributed by atoms with Gasteiger partial charge in [-0.2, -0.15) is 5.26 Å². The number of rotatable bonds is 0. The van der Waals surface area contributed by atoms with Gasteiger partial charge in [0.1, 0.15) is 0 Å². The molecule has 3 nitrogen and oxygen atoms in total. The van der Waals surface area contributed by atoms with Crippen LogP contribution >= 0.6 is 0 Å². The molecule has 0 amide bonds. The molecule has 112 valence electrons.